The molecule has 2 aromatic heterocycles. The van der Waals surface area contributed by atoms with Crippen molar-refractivity contribution in [3.8, 4) is 17.1 Å². The van der Waals surface area contributed by atoms with Gasteiger partial charge in [-0.15, -0.1) is 10.2 Å². The molecule has 6 heteroatoms. The van der Waals surface area contributed by atoms with Crippen LogP contribution < -0.4 is 4.74 Å². The molecule has 0 atom stereocenters. The molecule has 4 aromatic rings. The maximum Gasteiger partial charge on any atom is 0.204 e. The summed E-state index contributed by atoms with van der Waals surface area (Å²) in [6, 6.07) is 19.6. The largest absolute Gasteiger partial charge is 0.487 e. The van der Waals surface area contributed by atoms with Gasteiger partial charge in [0.1, 0.15) is 12.4 Å². The van der Waals surface area contributed by atoms with Gasteiger partial charge in [0, 0.05) is 10.9 Å². The highest BCUT2D eigenvalue weighted by molar-refractivity contribution is 5.78. The van der Waals surface area contributed by atoms with Crippen molar-refractivity contribution in [3.63, 3.8) is 0 Å². The molecule has 6 nitrogen and oxygen atoms in total. The highest BCUT2D eigenvalue weighted by Gasteiger charge is 2.05. The van der Waals surface area contributed by atoms with Gasteiger partial charge in [-0.1, -0.05) is 36.4 Å². The topological polar surface area (TPSA) is 76.6 Å². The van der Waals surface area contributed by atoms with Crippen molar-refractivity contribution in [1.82, 2.24) is 25.6 Å². The van der Waals surface area contributed by atoms with E-state index in [-0.39, 0.29) is 0 Å². The van der Waals surface area contributed by atoms with Gasteiger partial charge in [0.25, 0.3) is 0 Å². The molecule has 4 rings (SSSR count). The number of nitrogens with one attached hydrogen (secondary N) is 1. The van der Waals surface area contributed by atoms with Crippen LogP contribution in [0.2, 0.25) is 0 Å². The Morgan fingerprint density at radius 3 is 2.83 bits per heavy atom. The molecular weight excluding hydrogens is 290 g/mol. The normalized spacial score (nSPS) is 10.8. The molecule has 0 spiro atoms. The van der Waals surface area contributed by atoms with Crippen LogP contribution in [0.15, 0.2) is 60.7 Å². The van der Waals surface area contributed by atoms with E-state index in [4.69, 9.17) is 4.74 Å². The van der Waals surface area contributed by atoms with Crippen molar-refractivity contribution in [3.05, 3.63) is 66.4 Å². The molecule has 0 fully saturated rings. The lowest BCUT2D eigenvalue weighted by Crippen LogP contribution is -1.98. The van der Waals surface area contributed by atoms with Crippen molar-refractivity contribution in [2.24, 2.45) is 0 Å². The number of aromatic amines is 1. The summed E-state index contributed by atoms with van der Waals surface area (Å²) in [4.78, 5) is 4.60. The Morgan fingerprint density at radius 1 is 0.957 bits per heavy atom. The van der Waals surface area contributed by atoms with E-state index in [2.05, 4.69) is 31.7 Å². The third kappa shape index (κ3) is 2.87. The molecule has 0 bridgehead atoms. The highest BCUT2D eigenvalue weighted by atomic mass is 16.5. The van der Waals surface area contributed by atoms with Crippen molar-refractivity contribution in [2.45, 2.75) is 6.61 Å². The zero-order chi connectivity index (χ0) is 15.5. The summed E-state index contributed by atoms with van der Waals surface area (Å²) in [7, 11) is 0. The van der Waals surface area contributed by atoms with Crippen molar-refractivity contribution < 1.29 is 4.74 Å². The van der Waals surface area contributed by atoms with Crippen LogP contribution in [0, 0.1) is 0 Å². The van der Waals surface area contributed by atoms with Crippen LogP contribution in [-0.4, -0.2) is 25.6 Å². The van der Waals surface area contributed by atoms with Gasteiger partial charge in [0.05, 0.1) is 11.2 Å². The number of ether oxygens (including phenoxy) is 1. The minimum atomic E-state index is 0.403. The maximum atomic E-state index is 5.83. The smallest absolute Gasteiger partial charge is 0.204 e. The first-order valence-corrected chi connectivity index (χ1v) is 7.20. The second kappa shape index (κ2) is 5.84. The van der Waals surface area contributed by atoms with Gasteiger partial charge >= 0.3 is 0 Å². The average molecular weight is 303 g/mol. The first kappa shape index (κ1) is 13.4. The molecule has 0 saturated carbocycles. The number of tetrazole rings is 1. The fraction of sp³-hybridized carbons (Fsp3) is 0.0588. The Hall–Kier alpha value is -3.28. The third-order valence-electron chi connectivity index (χ3n) is 3.48. The van der Waals surface area contributed by atoms with Crippen LogP contribution in [0.3, 0.4) is 0 Å². The zero-order valence-corrected chi connectivity index (χ0v) is 12.2. The lowest BCUT2D eigenvalue weighted by molar-refractivity contribution is 0.302. The molecule has 2 heterocycles. The fourth-order valence-electron chi connectivity index (χ4n) is 2.35. The molecule has 0 unspecified atom stereocenters. The number of para-hydroxylation sites is 1. The predicted octanol–water partition coefficient (Wildman–Crippen LogP) is 2.99. The molecule has 0 saturated heterocycles. The summed E-state index contributed by atoms with van der Waals surface area (Å²) in [5.41, 5.74) is 2.70. The Labute approximate surface area is 132 Å². The molecule has 1 N–H and O–H groups in total. The van der Waals surface area contributed by atoms with Crippen molar-refractivity contribution >= 4 is 10.9 Å². The Bertz CT molecular complexity index is 937. The van der Waals surface area contributed by atoms with E-state index in [0.717, 1.165) is 27.9 Å². The van der Waals surface area contributed by atoms with Crippen molar-refractivity contribution in [2.75, 3.05) is 0 Å². The molecule has 0 aliphatic rings. The van der Waals surface area contributed by atoms with Crippen LogP contribution in [0.25, 0.3) is 22.3 Å². The standard InChI is InChI=1S/C17H13N5O/c1-2-7-16-12(4-1)8-9-14(18-16)11-23-15-6-3-5-13(10-15)17-19-21-22-20-17/h1-10H,11H2,(H,19,20,21,22). The number of hydrogen-bond acceptors (Lipinski definition) is 5. The van der Waals surface area contributed by atoms with E-state index < -0.39 is 0 Å². The van der Waals surface area contributed by atoms with E-state index in [1.54, 1.807) is 0 Å². The Morgan fingerprint density at radius 2 is 1.91 bits per heavy atom. The van der Waals surface area contributed by atoms with Gasteiger partial charge in [0.15, 0.2) is 0 Å². The molecular formula is C17H13N5O. The number of hydrogen-bond donors (Lipinski definition) is 1. The minimum absolute atomic E-state index is 0.403. The summed E-state index contributed by atoms with van der Waals surface area (Å²) in [6.07, 6.45) is 0. The summed E-state index contributed by atoms with van der Waals surface area (Å²) >= 11 is 0. The van der Waals surface area contributed by atoms with Gasteiger partial charge in [0.2, 0.25) is 5.82 Å². The SMILES string of the molecule is c1cc(OCc2ccc3ccccc3n2)cc(-c2nn[nH]n2)c1. The number of aromatic nitrogens is 5. The molecule has 0 radical (unpaired) electrons. The Kier molecular flexibility index (Phi) is 3.40. The number of H-pyrrole nitrogens is 1. The predicted molar refractivity (Wildman–Crippen MR) is 85.7 cm³/mol. The average Bonchev–Trinajstić information content (AvgIpc) is 3.15. The minimum Gasteiger partial charge on any atom is -0.487 e. The van der Waals surface area contributed by atoms with Crippen LogP contribution in [-0.2, 0) is 6.61 Å². The molecule has 23 heavy (non-hydrogen) atoms. The molecule has 0 amide bonds. The van der Waals surface area contributed by atoms with E-state index in [0.29, 0.717) is 12.4 Å². The second-order valence-corrected chi connectivity index (χ2v) is 5.05. The van der Waals surface area contributed by atoms with Gasteiger partial charge in [-0.05, 0) is 29.5 Å². The van der Waals surface area contributed by atoms with Crippen LogP contribution in [0.5, 0.6) is 5.75 Å². The second-order valence-electron chi connectivity index (χ2n) is 5.05. The van der Waals surface area contributed by atoms with Gasteiger partial charge in [-0.3, -0.25) is 0 Å². The number of nitrogens with zero attached hydrogens (tertiary/aromatic N) is 4. The van der Waals surface area contributed by atoms with Crippen LogP contribution >= 0.6 is 0 Å². The van der Waals surface area contributed by atoms with E-state index >= 15 is 0 Å². The Balaban J connectivity index is 1.53. The van der Waals surface area contributed by atoms with Crippen LogP contribution in [0.1, 0.15) is 5.69 Å². The van der Waals surface area contributed by atoms with E-state index in [1.807, 2.05) is 54.6 Å². The first-order chi connectivity index (χ1) is 11.4. The quantitative estimate of drug-likeness (QED) is 0.627. The van der Waals surface area contributed by atoms with Crippen LogP contribution in [0.4, 0.5) is 0 Å². The number of pyridine rings is 1. The molecule has 2 aromatic carbocycles. The summed E-state index contributed by atoms with van der Waals surface area (Å²) in [5, 5.41) is 15.1. The van der Waals surface area contributed by atoms with E-state index in [1.165, 1.54) is 0 Å². The number of rotatable bonds is 4. The highest BCUT2D eigenvalue weighted by Crippen LogP contribution is 2.21. The maximum absolute atomic E-state index is 5.83. The number of fused-ring (bicyclic) bond motifs is 1. The lowest BCUT2D eigenvalue weighted by atomic mass is 10.2. The first-order valence-electron chi connectivity index (χ1n) is 7.20. The third-order valence-corrected chi connectivity index (χ3v) is 3.48. The van der Waals surface area contributed by atoms with Gasteiger partial charge < -0.3 is 4.74 Å². The lowest BCUT2D eigenvalue weighted by Gasteiger charge is -2.07. The summed E-state index contributed by atoms with van der Waals surface area (Å²) < 4.78 is 5.83. The molecule has 0 aliphatic heterocycles. The van der Waals surface area contributed by atoms with Gasteiger partial charge in [-0.25, -0.2) is 4.98 Å². The van der Waals surface area contributed by atoms with E-state index in [9.17, 15) is 0 Å². The molecule has 112 valence electrons. The number of benzene rings is 2. The van der Waals surface area contributed by atoms with Gasteiger partial charge in [-0.2, -0.15) is 5.21 Å². The van der Waals surface area contributed by atoms with Crippen molar-refractivity contribution in [1.29, 1.82) is 0 Å². The zero-order valence-electron chi connectivity index (χ0n) is 12.2. The fourth-order valence-corrected chi connectivity index (χ4v) is 2.35. The summed E-state index contributed by atoms with van der Waals surface area (Å²) in [6.45, 7) is 0.403. The summed E-state index contributed by atoms with van der Waals surface area (Å²) in [5.74, 6) is 1.28. The monoisotopic (exact) mass is 303 g/mol. The molecule has 0 aliphatic carbocycles.